The van der Waals surface area contributed by atoms with E-state index in [4.69, 9.17) is 63.9 Å². The van der Waals surface area contributed by atoms with Gasteiger partial charge in [-0.1, -0.05) is 155 Å². The van der Waals surface area contributed by atoms with Gasteiger partial charge >= 0.3 is 0 Å². The Morgan fingerprint density at radius 2 is 0.960 bits per heavy atom. The van der Waals surface area contributed by atoms with Crippen molar-refractivity contribution in [3.8, 4) is 45.3 Å². The van der Waals surface area contributed by atoms with Gasteiger partial charge in [0.2, 0.25) is 0 Å². The van der Waals surface area contributed by atoms with Crippen LogP contribution in [0.3, 0.4) is 0 Å². The van der Waals surface area contributed by atoms with Gasteiger partial charge in [0.1, 0.15) is 58.0 Å². The molecule has 2 atom stereocenters. The number of halogens is 2. The third kappa shape index (κ3) is 28.1. The summed E-state index contributed by atoms with van der Waals surface area (Å²) < 4.78 is 138. The highest BCUT2D eigenvalue weighted by Crippen LogP contribution is 2.49. The summed E-state index contributed by atoms with van der Waals surface area (Å²) in [6.07, 6.45) is 12.0. The van der Waals surface area contributed by atoms with Crippen LogP contribution in [0.25, 0.3) is 33.8 Å². The molecule has 149 heavy (non-hydrogen) atoms. The predicted molar refractivity (Wildman–Crippen MR) is 579 cm³/mol. The monoisotopic (exact) mass is 2120 g/mol. The van der Waals surface area contributed by atoms with Crippen molar-refractivity contribution < 1.29 is 66.7 Å². The van der Waals surface area contributed by atoms with Crippen LogP contribution in [0.4, 0.5) is 50.8 Å². The fourth-order valence-electron chi connectivity index (χ4n) is 18.5. The number of hydrogen-bond acceptors (Lipinski definition) is 30. The van der Waals surface area contributed by atoms with Gasteiger partial charge in [0.25, 0.3) is 63.7 Å². The minimum atomic E-state index is -4.28. The zero-order valence-corrected chi connectivity index (χ0v) is 89.9. The molecule has 0 radical (unpaired) electrons. The lowest BCUT2D eigenvalue weighted by atomic mass is 9.64. The first kappa shape index (κ1) is 111. The molecule has 1 aliphatic carbocycles. The van der Waals surface area contributed by atoms with E-state index in [9.17, 15) is 57.2 Å². The number of nitrogens with two attached hydrogens (primary N) is 4. The summed E-state index contributed by atoms with van der Waals surface area (Å²) in [6, 6.07) is 55.7. The average Bonchev–Trinajstić information content (AvgIpc) is 1.49. The van der Waals surface area contributed by atoms with Crippen molar-refractivity contribution in [3.63, 3.8) is 0 Å². The molecular weight excluding hydrogens is 2000 g/mol. The molecule has 1 spiro atoms. The minimum Gasteiger partial charge on any atom is -0.493 e. The molecule has 12 N–H and O–H groups in total. The first-order chi connectivity index (χ1) is 70.5. The second kappa shape index (κ2) is 46.8. The van der Waals surface area contributed by atoms with Crippen LogP contribution in [0.15, 0.2) is 232 Å². The fourth-order valence-corrected chi connectivity index (χ4v) is 22.5. The van der Waals surface area contributed by atoms with Gasteiger partial charge in [-0.2, -0.15) is 25.3 Å². The van der Waals surface area contributed by atoms with Crippen LogP contribution < -0.4 is 70.9 Å². The van der Waals surface area contributed by atoms with Crippen molar-refractivity contribution in [2.45, 2.75) is 197 Å². The molecule has 1 saturated carbocycles. The van der Waals surface area contributed by atoms with Crippen LogP contribution in [0.1, 0.15) is 224 Å². The number of sulfonamides is 4. The Morgan fingerprint density at radius 1 is 0.470 bits per heavy atom. The molecule has 5 fully saturated rings. The highest BCUT2D eigenvalue weighted by atomic mass is 35.5. The number of carbonyl (C=O) groups is 4. The van der Waals surface area contributed by atoms with Crippen LogP contribution in [0, 0.1) is 34.9 Å². The van der Waals surface area contributed by atoms with E-state index >= 15 is 0 Å². The molecule has 12 heterocycles. The number of ether oxygens (including phenoxy) is 2. The zero-order valence-electron chi connectivity index (χ0n) is 85.9. The number of nitrogens with zero attached hydrogens (tertiary/aromatic N) is 12. The highest BCUT2D eigenvalue weighted by molar-refractivity contribution is 7.91. The Labute approximate surface area is 876 Å². The van der Waals surface area contributed by atoms with E-state index in [0.29, 0.717) is 132 Å². The van der Waals surface area contributed by atoms with Crippen molar-refractivity contribution in [1.29, 1.82) is 0 Å². The highest BCUT2D eigenvalue weighted by Gasteiger charge is 2.44. The molecule has 4 saturated heterocycles. The van der Waals surface area contributed by atoms with Crippen LogP contribution in [-0.2, 0) is 45.5 Å². The van der Waals surface area contributed by atoms with Gasteiger partial charge in [-0.15, -0.1) is 0 Å². The number of amides is 4. The maximum atomic E-state index is 14.6. The maximum absolute atomic E-state index is 14.6. The molecule has 0 bridgehead atoms. The quantitative estimate of drug-likeness (QED) is 0.0222. The van der Waals surface area contributed by atoms with E-state index in [1.54, 1.807) is 66.9 Å². The van der Waals surface area contributed by atoms with E-state index < -0.39 is 69.5 Å². The third-order valence-corrected chi connectivity index (χ3v) is 31.7. The van der Waals surface area contributed by atoms with Crippen molar-refractivity contribution in [2.24, 2.45) is 29.1 Å². The molecule has 4 aliphatic heterocycles. The van der Waals surface area contributed by atoms with Crippen molar-refractivity contribution in [3.05, 3.63) is 262 Å². The Balaban J connectivity index is 0.000000157. The van der Waals surface area contributed by atoms with Gasteiger partial charge in [0, 0.05) is 109 Å². The smallest absolute Gasteiger partial charge is 0.281 e. The second-order valence-corrected chi connectivity index (χ2v) is 48.3. The summed E-state index contributed by atoms with van der Waals surface area (Å²) in [6.45, 7) is 32.9. The Morgan fingerprint density at radius 3 is 1.47 bits per heavy atom. The van der Waals surface area contributed by atoms with E-state index in [-0.39, 0.29) is 93.6 Å². The number of aromatic nitrogens is 8. The van der Waals surface area contributed by atoms with Gasteiger partial charge < -0.3 is 52.0 Å². The molecule has 788 valence electrons. The van der Waals surface area contributed by atoms with Crippen molar-refractivity contribution >= 4 is 122 Å². The fraction of sp³-hybridized carbons (Fsp3) is 0.376. The van der Waals surface area contributed by atoms with Crippen molar-refractivity contribution in [1.82, 2.24) is 58.8 Å². The molecule has 40 heteroatoms. The first-order valence-corrected chi connectivity index (χ1v) is 56.1. The Bertz CT molecular complexity index is 7400. The Kier molecular flexibility index (Phi) is 34.8. The lowest BCUT2D eigenvalue weighted by Crippen LogP contribution is -2.48. The first-order valence-electron chi connectivity index (χ1n) is 49.8. The molecule has 1 unspecified atom stereocenters. The zero-order chi connectivity index (χ0) is 107. The average molecular weight is 2130 g/mol. The number of carbonyl (C=O) groups excluding carboxylic acids is 4. The normalized spacial score (nSPS) is 16.3. The van der Waals surface area contributed by atoms with Crippen LogP contribution in [-0.4, -0.2) is 162 Å². The van der Waals surface area contributed by atoms with E-state index in [2.05, 4.69) is 142 Å². The van der Waals surface area contributed by atoms with Gasteiger partial charge in [-0.25, -0.2) is 66.6 Å². The molecule has 4 aromatic carbocycles. The van der Waals surface area contributed by atoms with Crippen LogP contribution in [0.2, 0.25) is 5.02 Å². The molecular formula is C109H130ClFN20O14S4. The molecule has 34 nitrogen and oxygen atoms in total. The number of nitrogens with one attached hydrogen (secondary N) is 4. The van der Waals surface area contributed by atoms with E-state index in [0.717, 1.165) is 93.4 Å². The largest absolute Gasteiger partial charge is 0.493 e. The van der Waals surface area contributed by atoms with E-state index in [1.807, 2.05) is 61.2 Å². The second-order valence-electron chi connectivity index (χ2n) is 41.4. The SMILES string of the molecule is CC(C)(C)c1ccc(C(=O)NS(=O)(=O)c2cccc(N)n2)c(N2CCC[C@@H](c3ccccc3)C2)n1.CC(C)COc1cc(-c2ccc(C(=O)NS(=O)(=O)c3cccc(N)c3)c(N3CCC(C)CC3)n2)ccc1Cl.CC(C)COc1cc(F)cc(-c2ccc(C(=O)NS(=O)(=O)c3cccc(N)n3)c(N3CCCC4(CCC4)C3)n2)c1.CC1CN(c2nc(-c3ccnc(C(C)C)c3)ccc2C(=O)NS(=O)(=O)c2cccc(N)n2)C(C)(C)C1. The summed E-state index contributed by atoms with van der Waals surface area (Å²) in [4.78, 5) is 97.0. The van der Waals surface area contributed by atoms with Gasteiger partial charge in [-0.3, -0.25) is 24.2 Å². The summed E-state index contributed by atoms with van der Waals surface area (Å²) in [5.41, 5.74) is 30.2. The topological polar surface area (TPSA) is 492 Å². The molecule has 12 aromatic rings. The summed E-state index contributed by atoms with van der Waals surface area (Å²) in [7, 11) is -16.9. The molecule has 4 amide bonds. The van der Waals surface area contributed by atoms with E-state index in [1.165, 1.54) is 103 Å². The predicted octanol–water partition coefficient (Wildman–Crippen LogP) is 18.0. The minimum absolute atomic E-state index is 0.0213. The summed E-state index contributed by atoms with van der Waals surface area (Å²) in [5, 5.41) is -0.488. The van der Waals surface area contributed by atoms with Crippen molar-refractivity contribution in [2.75, 3.05) is 102 Å². The standard InChI is InChI=1S/C29H34FN5O4S.C28H33ClN4O4S.C26H32N6O3S.C26H31N5O3S/c1-19(2)17-39-22-15-20(14-21(30)16-22)24-9-8-23(27(32-24)35-13-5-12-29(18-35)10-4-11-29)28(36)34-40(37,38)26-7-3-6-25(31)33-26;1-18(2)17-37-26-15-20(7-9-24(26)29)25-10-8-23(27(31-25)33-13-11-19(3)12-14-33)28(34)32-38(35,36)22-6-4-5-21(30)16-22;1-16(2)21-13-18(11-12-28-21)20-10-9-19(24(29-20)32-15-17(3)14-26(32,4)5)25(33)31-36(34,35)23-8-6-7-22(27)30-23;1-26(2,3)21-15-14-20(25(32)30-35(33,34)23-13-7-12-22(27)29-23)24(28-21)31-16-8-11-19(17-31)18-9-5-4-6-10-18/h3,6-9,14-16,19H,4-5,10-13,17-18H2,1-2H3,(H2,31,33)(H,34,36);4-10,15-16,18-19H,11-14,17,30H2,1-3H3,(H,32,34);6-13,16-17H,14-15H2,1-5H3,(H2,27,30)(H,31,33);4-7,9-10,12-15,19H,8,11,16-17H2,1-3H3,(H2,27,29)(H,30,32)/t;;;19-/m...1/s1. The van der Waals surface area contributed by atoms with Crippen LogP contribution in [0.5, 0.6) is 11.5 Å². The number of piperidine rings is 3. The lowest BCUT2D eigenvalue weighted by Gasteiger charge is -2.49. The lowest BCUT2D eigenvalue weighted by molar-refractivity contribution is 0.0968. The Hall–Kier alpha value is -14.0. The number of benzene rings is 4. The maximum Gasteiger partial charge on any atom is 0.281 e. The molecule has 5 aliphatic rings. The van der Waals surface area contributed by atoms with Gasteiger partial charge in [0.05, 0.1) is 62.5 Å². The van der Waals surface area contributed by atoms with Gasteiger partial charge in [-0.05, 0) is 252 Å². The molecule has 8 aromatic heterocycles. The summed E-state index contributed by atoms with van der Waals surface area (Å²) in [5.74, 6) is 1.33. The third-order valence-electron chi connectivity index (χ3n) is 26.4. The number of anilines is 8. The van der Waals surface area contributed by atoms with Gasteiger partial charge in [0.15, 0.2) is 15.1 Å². The number of hydrogen-bond donors (Lipinski definition) is 8. The number of pyridine rings is 8. The number of rotatable bonds is 27. The molecule has 17 rings (SSSR count). The summed E-state index contributed by atoms with van der Waals surface area (Å²) >= 11 is 6.35. The number of nitrogen functional groups attached to an aromatic ring is 4. The van der Waals surface area contributed by atoms with Crippen LogP contribution >= 0.6 is 11.6 Å².